The standard InChI is InChI=1S/C10H21N/c1-3-9-4-6-10(7-5-9)8(2)11/h8-10H,3-7,11H2,1-2H3/t8-,9?,10?/m0/s1. The van der Waals surface area contributed by atoms with Gasteiger partial charge in [-0.05, 0) is 31.6 Å². The second-order valence-corrected chi connectivity index (χ2v) is 4.05. The first-order chi connectivity index (χ1) is 5.24. The molecule has 0 aromatic carbocycles. The zero-order valence-electron chi connectivity index (χ0n) is 7.84. The molecule has 1 aliphatic rings. The van der Waals surface area contributed by atoms with Crippen molar-refractivity contribution in [2.24, 2.45) is 17.6 Å². The van der Waals surface area contributed by atoms with E-state index in [-0.39, 0.29) is 0 Å². The fraction of sp³-hybridized carbons (Fsp3) is 1.00. The Morgan fingerprint density at radius 1 is 1.27 bits per heavy atom. The third-order valence-corrected chi connectivity index (χ3v) is 3.21. The lowest BCUT2D eigenvalue weighted by Crippen LogP contribution is -2.30. The maximum Gasteiger partial charge on any atom is 0.00387 e. The maximum atomic E-state index is 5.85. The first-order valence-electron chi connectivity index (χ1n) is 4.99. The zero-order chi connectivity index (χ0) is 8.27. The van der Waals surface area contributed by atoms with E-state index in [4.69, 9.17) is 5.73 Å². The average molecular weight is 155 g/mol. The molecule has 1 heteroatoms. The molecule has 0 radical (unpaired) electrons. The highest BCUT2D eigenvalue weighted by Gasteiger charge is 2.21. The molecular weight excluding hydrogens is 134 g/mol. The van der Waals surface area contributed by atoms with Crippen LogP contribution >= 0.6 is 0 Å². The van der Waals surface area contributed by atoms with E-state index in [0.717, 1.165) is 11.8 Å². The molecule has 0 heterocycles. The minimum Gasteiger partial charge on any atom is -0.328 e. The van der Waals surface area contributed by atoms with E-state index in [9.17, 15) is 0 Å². The van der Waals surface area contributed by atoms with Crippen LogP contribution in [0.5, 0.6) is 0 Å². The summed E-state index contributed by atoms with van der Waals surface area (Å²) in [4.78, 5) is 0. The smallest absolute Gasteiger partial charge is 0.00387 e. The number of rotatable bonds is 2. The highest BCUT2D eigenvalue weighted by molar-refractivity contribution is 4.76. The van der Waals surface area contributed by atoms with Gasteiger partial charge in [0.2, 0.25) is 0 Å². The van der Waals surface area contributed by atoms with E-state index in [1.165, 1.54) is 32.1 Å². The molecule has 0 unspecified atom stereocenters. The summed E-state index contributed by atoms with van der Waals surface area (Å²) in [6, 6.07) is 0.424. The highest BCUT2D eigenvalue weighted by Crippen LogP contribution is 2.31. The summed E-state index contributed by atoms with van der Waals surface area (Å²) in [7, 11) is 0. The lowest BCUT2D eigenvalue weighted by atomic mass is 9.78. The molecule has 0 amide bonds. The van der Waals surface area contributed by atoms with E-state index < -0.39 is 0 Å². The van der Waals surface area contributed by atoms with Crippen molar-refractivity contribution in [1.29, 1.82) is 0 Å². The van der Waals surface area contributed by atoms with Crippen LogP contribution in [0.2, 0.25) is 0 Å². The van der Waals surface area contributed by atoms with Crippen LogP contribution in [0, 0.1) is 11.8 Å². The minimum atomic E-state index is 0.424. The van der Waals surface area contributed by atoms with Gasteiger partial charge in [-0.1, -0.05) is 26.2 Å². The zero-order valence-corrected chi connectivity index (χ0v) is 7.84. The molecule has 0 bridgehead atoms. The number of hydrogen-bond donors (Lipinski definition) is 1. The van der Waals surface area contributed by atoms with Gasteiger partial charge >= 0.3 is 0 Å². The van der Waals surface area contributed by atoms with Crippen LogP contribution in [0.1, 0.15) is 46.0 Å². The first-order valence-corrected chi connectivity index (χ1v) is 4.99. The molecule has 1 saturated carbocycles. The molecule has 1 atom stereocenters. The summed E-state index contributed by atoms with van der Waals surface area (Å²) in [5.74, 6) is 1.82. The van der Waals surface area contributed by atoms with Crippen LogP contribution in [0.15, 0.2) is 0 Å². The SMILES string of the molecule is CCC1CCC([C@H](C)N)CC1. The van der Waals surface area contributed by atoms with Crippen molar-refractivity contribution in [3.8, 4) is 0 Å². The molecule has 1 fully saturated rings. The van der Waals surface area contributed by atoms with Gasteiger partial charge in [-0.2, -0.15) is 0 Å². The Kier molecular flexibility index (Phi) is 3.38. The molecule has 0 aromatic rings. The summed E-state index contributed by atoms with van der Waals surface area (Å²) in [5, 5.41) is 0. The predicted octanol–water partition coefficient (Wildman–Crippen LogP) is 2.55. The molecule has 2 N–H and O–H groups in total. The number of hydrogen-bond acceptors (Lipinski definition) is 1. The van der Waals surface area contributed by atoms with Crippen molar-refractivity contribution in [2.75, 3.05) is 0 Å². The molecule has 0 aliphatic heterocycles. The third kappa shape index (κ3) is 2.48. The summed E-state index contributed by atoms with van der Waals surface area (Å²) >= 11 is 0. The van der Waals surface area contributed by atoms with Gasteiger partial charge in [0, 0.05) is 6.04 Å². The van der Waals surface area contributed by atoms with Crippen molar-refractivity contribution in [1.82, 2.24) is 0 Å². The van der Waals surface area contributed by atoms with Gasteiger partial charge in [-0.3, -0.25) is 0 Å². The molecular formula is C10H21N. The summed E-state index contributed by atoms with van der Waals surface area (Å²) in [6.45, 7) is 4.45. The second-order valence-electron chi connectivity index (χ2n) is 4.05. The maximum absolute atomic E-state index is 5.85. The van der Waals surface area contributed by atoms with Crippen molar-refractivity contribution < 1.29 is 0 Å². The Balaban J connectivity index is 2.24. The summed E-state index contributed by atoms with van der Waals surface area (Å²) < 4.78 is 0. The fourth-order valence-electron chi connectivity index (χ4n) is 2.12. The fourth-order valence-corrected chi connectivity index (χ4v) is 2.12. The van der Waals surface area contributed by atoms with Crippen LogP contribution in [-0.4, -0.2) is 6.04 Å². The minimum absolute atomic E-state index is 0.424. The monoisotopic (exact) mass is 155 g/mol. The van der Waals surface area contributed by atoms with Crippen molar-refractivity contribution in [3.63, 3.8) is 0 Å². The van der Waals surface area contributed by atoms with Gasteiger partial charge < -0.3 is 5.73 Å². The predicted molar refractivity (Wildman–Crippen MR) is 49.4 cm³/mol. The quantitative estimate of drug-likeness (QED) is 0.651. The highest BCUT2D eigenvalue weighted by atomic mass is 14.6. The van der Waals surface area contributed by atoms with Gasteiger partial charge in [0.1, 0.15) is 0 Å². The Morgan fingerprint density at radius 2 is 1.82 bits per heavy atom. The van der Waals surface area contributed by atoms with Gasteiger partial charge in [0.25, 0.3) is 0 Å². The Labute approximate surface area is 70.4 Å². The largest absolute Gasteiger partial charge is 0.328 e. The lowest BCUT2D eigenvalue weighted by molar-refractivity contribution is 0.245. The third-order valence-electron chi connectivity index (χ3n) is 3.21. The van der Waals surface area contributed by atoms with Crippen molar-refractivity contribution in [3.05, 3.63) is 0 Å². The summed E-state index contributed by atoms with van der Waals surface area (Å²) in [6.07, 6.45) is 6.95. The van der Waals surface area contributed by atoms with Gasteiger partial charge in [0.05, 0.1) is 0 Å². The molecule has 1 nitrogen and oxygen atoms in total. The molecule has 0 aromatic heterocycles. The molecule has 0 spiro atoms. The van der Waals surface area contributed by atoms with Gasteiger partial charge in [-0.15, -0.1) is 0 Å². The molecule has 0 saturated heterocycles. The van der Waals surface area contributed by atoms with Gasteiger partial charge in [0.15, 0.2) is 0 Å². The van der Waals surface area contributed by atoms with Gasteiger partial charge in [-0.25, -0.2) is 0 Å². The molecule has 11 heavy (non-hydrogen) atoms. The van der Waals surface area contributed by atoms with E-state index in [1.807, 2.05) is 0 Å². The van der Waals surface area contributed by atoms with Crippen molar-refractivity contribution >= 4 is 0 Å². The molecule has 1 aliphatic carbocycles. The average Bonchev–Trinajstić information content (AvgIpc) is 2.05. The Bertz CT molecular complexity index is 101. The number of nitrogens with two attached hydrogens (primary N) is 1. The molecule has 66 valence electrons. The van der Waals surface area contributed by atoms with E-state index in [2.05, 4.69) is 13.8 Å². The van der Waals surface area contributed by atoms with Crippen LogP contribution in [0.25, 0.3) is 0 Å². The van der Waals surface area contributed by atoms with E-state index in [0.29, 0.717) is 6.04 Å². The second kappa shape index (κ2) is 4.10. The van der Waals surface area contributed by atoms with Crippen LogP contribution in [0.4, 0.5) is 0 Å². The van der Waals surface area contributed by atoms with E-state index in [1.54, 1.807) is 0 Å². The van der Waals surface area contributed by atoms with Crippen LogP contribution in [0.3, 0.4) is 0 Å². The lowest BCUT2D eigenvalue weighted by Gasteiger charge is -2.29. The summed E-state index contributed by atoms with van der Waals surface area (Å²) in [5.41, 5.74) is 5.85. The van der Waals surface area contributed by atoms with Crippen LogP contribution < -0.4 is 5.73 Å². The Morgan fingerprint density at radius 3 is 2.18 bits per heavy atom. The van der Waals surface area contributed by atoms with Crippen molar-refractivity contribution in [2.45, 2.75) is 52.0 Å². The van der Waals surface area contributed by atoms with E-state index >= 15 is 0 Å². The normalized spacial score (nSPS) is 35.2. The first kappa shape index (κ1) is 9.05. The van der Waals surface area contributed by atoms with Crippen LogP contribution in [-0.2, 0) is 0 Å². The molecule has 1 rings (SSSR count). The topological polar surface area (TPSA) is 26.0 Å². The Hall–Kier alpha value is -0.0400.